The first kappa shape index (κ1) is 15.7. The third-order valence-corrected chi connectivity index (χ3v) is 6.29. The van der Waals surface area contributed by atoms with Crippen LogP contribution in [0.4, 0.5) is 5.82 Å². The van der Waals surface area contributed by atoms with Crippen molar-refractivity contribution >= 4 is 44.5 Å². The molecule has 0 aliphatic carbocycles. The van der Waals surface area contributed by atoms with E-state index in [-0.39, 0.29) is 5.92 Å². The molecule has 0 N–H and O–H groups in total. The van der Waals surface area contributed by atoms with Gasteiger partial charge in [-0.25, -0.2) is 9.97 Å². The lowest BCUT2D eigenvalue weighted by Crippen LogP contribution is -2.37. The van der Waals surface area contributed by atoms with E-state index in [1.165, 1.54) is 0 Å². The molecule has 1 fully saturated rings. The van der Waals surface area contributed by atoms with Crippen molar-refractivity contribution in [2.45, 2.75) is 26.2 Å². The second-order valence-corrected chi connectivity index (χ2v) is 7.90. The summed E-state index contributed by atoms with van der Waals surface area (Å²) in [4.78, 5) is 26.2. The van der Waals surface area contributed by atoms with E-state index in [0.717, 1.165) is 59.1 Å². The number of aromatic nitrogens is 2. The average molecular weight is 358 g/mol. The van der Waals surface area contributed by atoms with Crippen LogP contribution in [-0.2, 0) is 6.42 Å². The van der Waals surface area contributed by atoms with Gasteiger partial charge in [0.1, 0.15) is 16.5 Å². The van der Waals surface area contributed by atoms with Crippen LogP contribution in [0.5, 0.6) is 0 Å². The Morgan fingerprint density at radius 2 is 2.04 bits per heavy atom. The zero-order valence-electron chi connectivity index (χ0n) is 13.6. The first-order chi connectivity index (χ1) is 11.8. The van der Waals surface area contributed by atoms with Crippen LogP contribution in [0.25, 0.3) is 10.2 Å². The largest absolute Gasteiger partial charge is 0.356 e. The molecule has 1 aliphatic heterocycles. The van der Waals surface area contributed by atoms with Gasteiger partial charge >= 0.3 is 0 Å². The van der Waals surface area contributed by atoms with Crippen molar-refractivity contribution in [3.63, 3.8) is 0 Å². The minimum Gasteiger partial charge on any atom is -0.356 e. The lowest BCUT2D eigenvalue weighted by atomic mass is 9.91. The quantitative estimate of drug-likeness (QED) is 0.649. The van der Waals surface area contributed by atoms with Crippen molar-refractivity contribution in [2.75, 3.05) is 18.0 Å². The molecule has 0 bridgehead atoms. The van der Waals surface area contributed by atoms with E-state index in [9.17, 15) is 4.79 Å². The Kier molecular flexibility index (Phi) is 4.33. The molecule has 1 aliphatic rings. The molecule has 4 nitrogen and oxygen atoms in total. The molecule has 0 unspecified atom stereocenters. The second-order valence-electron chi connectivity index (χ2n) is 6.06. The van der Waals surface area contributed by atoms with Gasteiger partial charge in [-0.15, -0.1) is 22.7 Å². The molecule has 4 heterocycles. The first-order valence-corrected chi connectivity index (χ1v) is 10.1. The molecule has 3 aromatic rings. The molecule has 3 aromatic heterocycles. The highest BCUT2D eigenvalue weighted by molar-refractivity contribution is 7.16. The van der Waals surface area contributed by atoms with Crippen molar-refractivity contribution in [1.29, 1.82) is 0 Å². The van der Waals surface area contributed by atoms with Gasteiger partial charge in [0, 0.05) is 25.4 Å². The van der Waals surface area contributed by atoms with Crippen molar-refractivity contribution in [1.82, 2.24) is 9.97 Å². The molecule has 0 atom stereocenters. The molecule has 1 saturated heterocycles. The van der Waals surface area contributed by atoms with E-state index in [2.05, 4.69) is 28.3 Å². The molecule has 24 heavy (non-hydrogen) atoms. The summed E-state index contributed by atoms with van der Waals surface area (Å²) in [5, 5.41) is 5.19. The molecule has 4 rings (SSSR count). The maximum atomic E-state index is 12.5. The van der Waals surface area contributed by atoms with E-state index in [0.29, 0.717) is 5.78 Å². The van der Waals surface area contributed by atoms with Crippen molar-refractivity contribution < 1.29 is 4.79 Å². The summed E-state index contributed by atoms with van der Waals surface area (Å²) in [6.45, 7) is 3.85. The third kappa shape index (κ3) is 2.84. The summed E-state index contributed by atoms with van der Waals surface area (Å²) in [5.41, 5.74) is 0. The van der Waals surface area contributed by atoms with Gasteiger partial charge in [0.2, 0.25) is 0 Å². The van der Waals surface area contributed by atoms with Crippen LogP contribution in [0.3, 0.4) is 0 Å². The Labute approximate surface area is 149 Å². The van der Waals surface area contributed by atoms with Gasteiger partial charge in [0.15, 0.2) is 5.78 Å². The van der Waals surface area contributed by atoms with Crippen LogP contribution < -0.4 is 4.90 Å². The molecule has 0 aromatic carbocycles. The van der Waals surface area contributed by atoms with Crippen LogP contribution in [-0.4, -0.2) is 28.8 Å². The second kappa shape index (κ2) is 6.61. The molecule has 0 spiro atoms. The fraction of sp³-hybridized carbons (Fsp3) is 0.389. The number of thiophene rings is 2. The number of Topliss-reactive ketones (excluding diaryl/α,β-unsaturated/α-hetero) is 1. The normalized spacial score (nSPS) is 16.0. The number of piperidine rings is 1. The molecule has 124 valence electrons. The van der Waals surface area contributed by atoms with E-state index in [4.69, 9.17) is 4.98 Å². The molecule has 6 heteroatoms. The topological polar surface area (TPSA) is 46.1 Å². The molecule has 0 saturated carbocycles. The number of fused-ring (bicyclic) bond motifs is 1. The summed E-state index contributed by atoms with van der Waals surface area (Å²) >= 11 is 3.22. The highest BCUT2D eigenvalue weighted by Crippen LogP contribution is 2.32. The van der Waals surface area contributed by atoms with Gasteiger partial charge in [-0.3, -0.25) is 4.79 Å². The van der Waals surface area contributed by atoms with Crippen molar-refractivity contribution in [3.8, 4) is 0 Å². The summed E-state index contributed by atoms with van der Waals surface area (Å²) < 4.78 is 0. The predicted molar refractivity (Wildman–Crippen MR) is 100 cm³/mol. The van der Waals surface area contributed by atoms with Gasteiger partial charge in [-0.2, -0.15) is 0 Å². The zero-order valence-corrected chi connectivity index (χ0v) is 15.2. The Morgan fingerprint density at radius 3 is 2.75 bits per heavy atom. The monoisotopic (exact) mass is 357 g/mol. The fourth-order valence-electron chi connectivity index (χ4n) is 3.26. The maximum Gasteiger partial charge on any atom is 0.175 e. The highest BCUT2D eigenvalue weighted by Gasteiger charge is 2.28. The number of ketones is 1. The van der Waals surface area contributed by atoms with Gasteiger partial charge in [-0.05, 0) is 35.7 Å². The number of rotatable bonds is 4. The SMILES string of the molecule is CCc1nc(N2CCC(C(=O)c3cccs3)CC2)c2ccsc2n1. The predicted octanol–water partition coefficient (Wildman–Crippen LogP) is 4.41. The van der Waals surface area contributed by atoms with Gasteiger partial charge in [-0.1, -0.05) is 13.0 Å². The van der Waals surface area contributed by atoms with Crippen molar-refractivity contribution in [2.24, 2.45) is 5.92 Å². The van der Waals surface area contributed by atoms with Crippen LogP contribution in [0.15, 0.2) is 29.0 Å². The Balaban J connectivity index is 1.54. The van der Waals surface area contributed by atoms with Crippen LogP contribution in [0.1, 0.15) is 35.3 Å². The first-order valence-electron chi connectivity index (χ1n) is 8.33. The summed E-state index contributed by atoms with van der Waals surface area (Å²) in [6.07, 6.45) is 2.63. The number of aryl methyl sites for hydroxylation is 1. The van der Waals surface area contributed by atoms with Crippen LogP contribution >= 0.6 is 22.7 Å². The molecule has 0 radical (unpaired) electrons. The molecular weight excluding hydrogens is 338 g/mol. The number of carbonyl (C=O) groups is 1. The standard InChI is InChI=1S/C18H19N3OS2/c1-2-15-19-17(13-7-11-24-18(13)20-15)21-8-5-12(6-9-21)16(22)14-4-3-10-23-14/h3-4,7,10-12H,2,5-6,8-9H2,1H3. The van der Waals surface area contributed by atoms with Crippen molar-refractivity contribution in [3.05, 3.63) is 39.7 Å². The van der Waals surface area contributed by atoms with Gasteiger partial charge in [0.25, 0.3) is 0 Å². The smallest absolute Gasteiger partial charge is 0.175 e. The van der Waals surface area contributed by atoms with E-state index < -0.39 is 0 Å². The molecule has 0 amide bonds. The van der Waals surface area contributed by atoms with Crippen LogP contribution in [0.2, 0.25) is 0 Å². The lowest BCUT2D eigenvalue weighted by molar-refractivity contribution is 0.0904. The highest BCUT2D eigenvalue weighted by atomic mass is 32.1. The Bertz CT molecular complexity index is 848. The minimum atomic E-state index is 0.144. The Hall–Kier alpha value is -1.79. The summed E-state index contributed by atoms with van der Waals surface area (Å²) in [7, 11) is 0. The number of nitrogens with zero attached hydrogens (tertiary/aromatic N) is 3. The maximum absolute atomic E-state index is 12.5. The number of hydrogen-bond donors (Lipinski definition) is 0. The number of hydrogen-bond acceptors (Lipinski definition) is 6. The average Bonchev–Trinajstić information content (AvgIpc) is 3.31. The van der Waals surface area contributed by atoms with E-state index in [1.807, 2.05) is 17.5 Å². The van der Waals surface area contributed by atoms with E-state index >= 15 is 0 Å². The third-order valence-electron chi connectivity index (χ3n) is 4.60. The number of carbonyl (C=O) groups excluding carboxylic acids is 1. The Morgan fingerprint density at radius 1 is 1.21 bits per heavy atom. The van der Waals surface area contributed by atoms with E-state index in [1.54, 1.807) is 22.7 Å². The number of anilines is 1. The summed E-state index contributed by atoms with van der Waals surface area (Å²) in [6, 6.07) is 6.00. The minimum absolute atomic E-state index is 0.144. The molecular formula is C18H19N3OS2. The lowest BCUT2D eigenvalue weighted by Gasteiger charge is -2.32. The van der Waals surface area contributed by atoms with Gasteiger partial charge in [0.05, 0.1) is 10.3 Å². The summed E-state index contributed by atoms with van der Waals surface area (Å²) in [5.74, 6) is 2.39. The zero-order chi connectivity index (χ0) is 16.5. The van der Waals surface area contributed by atoms with Crippen LogP contribution in [0, 0.1) is 5.92 Å². The van der Waals surface area contributed by atoms with Gasteiger partial charge < -0.3 is 4.90 Å². The fourth-order valence-corrected chi connectivity index (χ4v) is 4.78.